The van der Waals surface area contributed by atoms with Gasteiger partial charge in [-0.05, 0) is 56.2 Å². The van der Waals surface area contributed by atoms with Gasteiger partial charge >= 0.3 is 0 Å². The average Bonchev–Trinajstić information content (AvgIpc) is 3.29. The topological polar surface area (TPSA) is 80.1 Å². The molecule has 0 bridgehead atoms. The van der Waals surface area contributed by atoms with Gasteiger partial charge in [-0.1, -0.05) is 55.5 Å². The average molecular weight is 500 g/mol. The minimum absolute atomic E-state index is 0.0572. The fraction of sp³-hybridized carbons (Fsp3) is 0.520. The maximum Gasteiger partial charge on any atom is 0.273 e. The Morgan fingerprint density at radius 3 is 2.56 bits per heavy atom. The Morgan fingerprint density at radius 1 is 1.09 bits per heavy atom. The fourth-order valence-electron chi connectivity index (χ4n) is 4.09. The maximum absolute atomic E-state index is 13.2. The van der Waals surface area contributed by atoms with E-state index in [0.29, 0.717) is 22.0 Å². The summed E-state index contributed by atoms with van der Waals surface area (Å²) in [4.78, 5) is 37.5. The van der Waals surface area contributed by atoms with Crippen LogP contribution in [0.5, 0.6) is 0 Å². The molecule has 0 saturated carbocycles. The predicted molar refractivity (Wildman–Crippen MR) is 142 cm³/mol. The lowest BCUT2D eigenvalue weighted by molar-refractivity contribution is -0.113. The summed E-state index contributed by atoms with van der Waals surface area (Å²) < 4.78 is 2.30. The molecule has 1 aliphatic heterocycles. The number of rotatable bonds is 10. The van der Waals surface area contributed by atoms with Crippen LogP contribution in [0.25, 0.3) is 10.3 Å². The second kappa shape index (κ2) is 11.8. The number of fused-ring (bicyclic) bond motifs is 1. The van der Waals surface area contributed by atoms with Gasteiger partial charge in [0.25, 0.3) is 5.56 Å². The van der Waals surface area contributed by atoms with E-state index < -0.39 is 0 Å². The van der Waals surface area contributed by atoms with Gasteiger partial charge in [0, 0.05) is 25.3 Å². The summed E-state index contributed by atoms with van der Waals surface area (Å²) in [7, 11) is 0. The molecule has 9 heteroatoms. The van der Waals surface area contributed by atoms with Crippen LogP contribution in [-0.4, -0.2) is 39.3 Å². The van der Waals surface area contributed by atoms with Gasteiger partial charge in [0.05, 0.1) is 5.75 Å². The number of benzene rings is 1. The molecule has 0 aliphatic carbocycles. The second-order valence-corrected chi connectivity index (χ2v) is 10.6. The van der Waals surface area contributed by atoms with Crippen molar-refractivity contribution >= 4 is 50.2 Å². The molecule has 2 aromatic heterocycles. The smallest absolute Gasteiger partial charge is 0.273 e. The molecule has 1 saturated heterocycles. The third-order valence-electron chi connectivity index (χ3n) is 5.93. The van der Waals surface area contributed by atoms with Gasteiger partial charge in [-0.15, -0.1) is 0 Å². The number of thiazole rings is 1. The summed E-state index contributed by atoms with van der Waals surface area (Å²) in [5, 5.41) is 4.39. The molecule has 3 aromatic rings. The molecule has 1 aliphatic rings. The van der Waals surface area contributed by atoms with Crippen molar-refractivity contribution in [1.82, 2.24) is 14.5 Å². The summed E-state index contributed by atoms with van der Waals surface area (Å²) in [6, 6.07) is 8.02. The maximum atomic E-state index is 13.2. The Hall–Kier alpha value is -2.39. The van der Waals surface area contributed by atoms with Crippen molar-refractivity contribution < 1.29 is 4.79 Å². The number of nitrogens with zero attached hydrogens (tertiary/aromatic N) is 4. The third-order valence-corrected chi connectivity index (χ3v) is 8.00. The number of unbranched alkanes of at least 4 members (excludes halogenated alkanes) is 1. The van der Waals surface area contributed by atoms with Crippen LogP contribution >= 0.6 is 23.1 Å². The highest BCUT2D eigenvalue weighted by atomic mass is 32.2. The van der Waals surface area contributed by atoms with Crippen LogP contribution in [0.3, 0.4) is 0 Å². The minimum Gasteiger partial charge on any atom is -0.348 e. The van der Waals surface area contributed by atoms with Crippen LogP contribution < -0.4 is 15.8 Å². The van der Waals surface area contributed by atoms with Gasteiger partial charge in [-0.3, -0.25) is 14.2 Å². The Bertz CT molecular complexity index is 1170. The van der Waals surface area contributed by atoms with Gasteiger partial charge in [0.15, 0.2) is 15.9 Å². The lowest BCUT2D eigenvalue weighted by Gasteiger charge is -2.25. The minimum atomic E-state index is -0.115. The first-order valence-electron chi connectivity index (χ1n) is 12.3. The lowest BCUT2D eigenvalue weighted by atomic mass is 10.1. The van der Waals surface area contributed by atoms with E-state index in [1.54, 1.807) is 4.57 Å². The van der Waals surface area contributed by atoms with Crippen molar-refractivity contribution in [2.45, 2.75) is 70.5 Å². The van der Waals surface area contributed by atoms with Crippen molar-refractivity contribution in [2.24, 2.45) is 0 Å². The van der Waals surface area contributed by atoms with Crippen LogP contribution in [0.1, 0.15) is 57.9 Å². The fourth-order valence-corrected chi connectivity index (χ4v) is 5.91. The molecule has 182 valence electrons. The molecule has 0 atom stereocenters. The number of aromatic nitrogens is 3. The normalized spacial score (nSPS) is 14.0. The first-order valence-corrected chi connectivity index (χ1v) is 14.1. The van der Waals surface area contributed by atoms with E-state index in [4.69, 9.17) is 4.98 Å². The van der Waals surface area contributed by atoms with Gasteiger partial charge in [0.2, 0.25) is 5.91 Å². The van der Waals surface area contributed by atoms with Crippen molar-refractivity contribution in [1.29, 1.82) is 0 Å². The SMILES string of the molecule is CCCCc1ccc(NC(=O)CSc2nc3nc(N4CCCCC4)sc3c(=O)n2CCC)cc1. The summed E-state index contributed by atoms with van der Waals surface area (Å²) in [5.41, 5.74) is 2.50. The zero-order valence-electron chi connectivity index (χ0n) is 20.0. The quantitative estimate of drug-likeness (QED) is 0.300. The predicted octanol–water partition coefficient (Wildman–Crippen LogP) is 5.33. The number of piperidine rings is 1. The highest BCUT2D eigenvalue weighted by molar-refractivity contribution is 7.99. The van der Waals surface area contributed by atoms with Crippen molar-refractivity contribution in [3.05, 3.63) is 40.2 Å². The molecule has 0 spiro atoms. The molecule has 3 heterocycles. The Balaban J connectivity index is 1.47. The van der Waals surface area contributed by atoms with E-state index in [0.717, 1.165) is 56.0 Å². The van der Waals surface area contributed by atoms with Crippen molar-refractivity contribution in [3.63, 3.8) is 0 Å². The van der Waals surface area contributed by atoms with Crippen LogP contribution in [-0.2, 0) is 17.8 Å². The lowest BCUT2D eigenvalue weighted by Crippen LogP contribution is -2.29. The summed E-state index contributed by atoms with van der Waals surface area (Å²) >= 11 is 2.73. The number of thioether (sulfide) groups is 1. The van der Waals surface area contributed by atoms with E-state index in [9.17, 15) is 9.59 Å². The number of aryl methyl sites for hydroxylation is 1. The Labute approximate surface area is 209 Å². The standard InChI is InChI=1S/C25H33N5O2S2/c1-3-5-9-18-10-12-19(13-11-18)26-20(31)17-33-25-28-22-21(23(32)30(25)14-4-2)34-24(27-22)29-15-7-6-8-16-29/h10-13H,3-9,14-17H2,1-2H3,(H,26,31). The number of nitrogens with one attached hydrogen (secondary N) is 1. The molecule has 34 heavy (non-hydrogen) atoms. The number of anilines is 2. The molecule has 4 rings (SSSR count). The molecular weight excluding hydrogens is 466 g/mol. The molecular formula is C25H33N5O2S2. The van der Waals surface area contributed by atoms with E-state index in [1.807, 2.05) is 19.1 Å². The van der Waals surface area contributed by atoms with E-state index in [2.05, 4.69) is 34.3 Å². The molecule has 1 aromatic carbocycles. The third kappa shape index (κ3) is 5.99. The number of carbonyl (C=O) groups excluding carboxylic acids is 1. The van der Waals surface area contributed by atoms with Gasteiger partial charge < -0.3 is 10.2 Å². The highest BCUT2D eigenvalue weighted by Gasteiger charge is 2.20. The molecule has 7 nitrogen and oxygen atoms in total. The number of amides is 1. The molecule has 1 amide bonds. The van der Waals surface area contributed by atoms with E-state index in [-0.39, 0.29) is 17.2 Å². The van der Waals surface area contributed by atoms with Gasteiger partial charge in [-0.25, -0.2) is 4.98 Å². The first kappa shape index (κ1) is 24.7. The van der Waals surface area contributed by atoms with Crippen LogP contribution in [0.4, 0.5) is 10.8 Å². The zero-order valence-corrected chi connectivity index (χ0v) is 21.6. The summed E-state index contributed by atoms with van der Waals surface area (Å²) in [6.07, 6.45) is 7.75. The molecule has 0 unspecified atom stereocenters. The summed E-state index contributed by atoms with van der Waals surface area (Å²) in [6.45, 7) is 6.74. The summed E-state index contributed by atoms with van der Waals surface area (Å²) in [5.74, 6) is 0.0681. The zero-order chi connectivity index (χ0) is 23.9. The highest BCUT2D eigenvalue weighted by Crippen LogP contribution is 2.29. The second-order valence-electron chi connectivity index (χ2n) is 8.69. The van der Waals surface area contributed by atoms with E-state index in [1.165, 1.54) is 41.5 Å². The number of carbonyl (C=O) groups is 1. The first-order chi connectivity index (χ1) is 16.6. The largest absolute Gasteiger partial charge is 0.348 e. The number of hydrogen-bond donors (Lipinski definition) is 1. The monoisotopic (exact) mass is 499 g/mol. The number of hydrogen-bond acceptors (Lipinski definition) is 7. The molecule has 1 fully saturated rings. The molecule has 0 radical (unpaired) electrons. The van der Waals surface area contributed by atoms with Crippen LogP contribution in [0.15, 0.2) is 34.2 Å². The van der Waals surface area contributed by atoms with Crippen LogP contribution in [0, 0.1) is 0 Å². The Morgan fingerprint density at radius 2 is 1.85 bits per heavy atom. The van der Waals surface area contributed by atoms with Crippen molar-refractivity contribution in [3.8, 4) is 0 Å². The van der Waals surface area contributed by atoms with Gasteiger partial charge in [-0.2, -0.15) is 4.98 Å². The van der Waals surface area contributed by atoms with Gasteiger partial charge in [0.1, 0.15) is 4.70 Å². The van der Waals surface area contributed by atoms with Crippen molar-refractivity contribution in [2.75, 3.05) is 29.1 Å². The van der Waals surface area contributed by atoms with Crippen LogP contribution in [0.2, 0.25) is 0 Å². The van der Waals surface area contributed by atoms with E-state index >= 15 is 0 Å². The Kier molecular flexibility index (Phi) is 8.61. The molecule has 1 N–H and O–H groups in total.